The molecule has 0 bridgehead atoms. The van der Waals surface area contributed by atoms with Gasteiger partial charge in [-0.05, 0) is 55.5 Å². The molecule has 2 rings (SSSR count). The van der Waals surface area contributed by atoms with E-state index in [0.717, 1.165) is 25.3 Å². The van der Waals surface area contributed by atoms with Crippen LogP contribution in [0.15, 0.2) is 18.2 Å². The second kappa shape index (κ2) is 6.79. The summed E-state index contributed by atoms with van der Waals surface area (Å²) in [5, 5.41) is 3.57. The van der Waals surface area contributed by atoms with Crippen molar-refractivity contribution in [1.29, 1.82) is 0 Å². The van der Waals surface area contributed by atoms with E-state index in [1.807, 2.05) is 0 Å². The van der Waals surface area contributed by atoms with E-state index < -0.39 is 0 Å². The van der Waals surface area contributed by atoms with Crippen LogP contribution in [0.3, 0.4) is 0 Å². The van der Waals surface area contributed by atoms with E-state index in [-0.39, 0.29) is 0 Å². The van der Waals surface area contributed by atoms with Crippen LogP contribution >= 0.6 is 0 Å². The van der Waals surface area contributed by atoms with E-state index in [1.165, 1.54) is 36.8 Å². The predicted molar refractivity (Wildman–Crippen MR) is 76.2 cm³/mol. The number of fused-ring (bicyclic) bond motifs is 1. The summed E-state index contributed by atoms with van der Waals surface area (Å²) in [7, 11) is 0. The van der Waals surface area contributed by atoms with Crippen molar-refractivity contribution in [2.75, 3.05) is 13.2 Å². The van der Waals surface area contributed by atoms with Crippen LogP contribution in [0.1, 0.15) is 56.7 Å². The maximum Gasteiger partial charge on any atom is 0.119 e. The largest absolute Gasteiger partial charge is 0.494 e. The van der Waals surface area contributed by atoms with Crippen LogP contribution in [0.4, 0.5) is 0 Å². The Hall–Kier alpha value is -1.02. The molecule has 2 heteroatoms. The summed E-state index contributed by atoms with van der Waals surface area (Å²) in [4.78, 5) is 0. The van der Waals surface area contributed by atoms with Gasteiger partial charge in [0.15, 0.2) is 0 Å². The van der Waals surface area contributed by atoms with Crippen LogP contribution in [-0.2, 0) is 6.42 Å². The third kappa shape index (κ3) is 3.26. The van der Waals surface area contributed by atoms with E-state index in [1.54, 1.807) is 0 Å². The molecule has 0 saturated heterocycles. The quantitative estimate of drug-likeness (QED) is 0.771. The van der Waals surface area contributed by atoms with Gasteiger partial charge >= 0.3 is 0 Å². The number of unbranched alkanes of at least 4 members (excludes halogenated alkanes) is 1. The van der Waals surface area contributed by atoms with Crippen molar-refractivity contribution in [3.05, 3.63) is 29.3 Å². The molecule has 1 N–H and O–H groups in total. The zero-order valence-corrected chi connectivity index (χ0v) is 11.7. The summed E-state index contributed by atoms with van der Waals surface area (Å²) in [6.07, 6.45) is 6.06. The number of rotatable bonds is 6. The molecule has 1 aromatic carbocycles. The summed E-state index contributed by atoms with van der Waals surface area (Å²) >= 11 is 0. The molecule has 0 fully saturated rings. The van der Waals surface area contributed by atoms with E-state index >= 15 is 0 Å². The molecule has 1 unspecified atom stereocenters. The third-order valence-electron chi connectivity index (χ3n) is 3.65. The minimum Gasteiger partial charge on any atom is -0.494 e. The summed E-state index contributed by atoms with van der Waals surface area (Å²) in [6.45, 7) is 6.25. The van der Waals surface area contributed by atoms with Gasteiger partial charge in [0.1, 0.15) is 5.75 Å². The predicted octanol–water partition coefficient (Wildman–Crippen LogP) is 3.85. The average Bonchev–Trinajstić information content (AvgIpc) is 2.39. The lowest BCUT2D eigenvalue weighted by molar-refractivity contribution is 0.308. The second-order valence-corrected chi connectivity index (χ2v) is 5.07. The number of aryl methyl sites for hydroxylation is 1. The second-order valence-electron chi connectivity index (χ2n) is 5.07. The first-order valence-corrected chi connectivity index (χ1v) is 7.34. The molecule has 0 aliphatic heterocycles. The van der Waals surface area contributed by atoms with Gasteiger partial charge in [0.25, 0.3) is 0 Å². The smallest absolute Gasteiger partial charge is 0.119 e. The molecule has 1 atom stereocenters. The van der Waals surface area contributed by atoms with E-state index in [9.17, 15) is 0 Å². The van der Waals surface area contributed by atoms with Crippen molar-refractivity contribution in [3.63, 3.8) is 0 Å². The fourth-order valence-corrected chi connectivity index (χ4v) is 2.67. The number of nitrogens with one attached hydrogen (secondary N) is 1. The van der Waals surface area contributed by atoms with Gasteiger partial charge in [-0.25, -0.2) is 0 Å². The molecule has 0 heterocycles. The van der Waals surface area contributed by atoms with Crippen LogP contribution in [0.5, 0.6) is 5.75 Å². The zero-order chi connectivity index (χ0) is 12.8. The Morgan fingerprint density at radius 2 is 2.22 bits per heavy atom. The van der Waals surface area contributed by atoms with Gasteiger partial charge in [0.05, 0.1) is 6.61 Å². The molecule has 1 aliphatic rings. The maximum atomic E-state index is 5.79. The first-order chi connectivity index (χ1) is 8.85. The lowest BCUT2D eigenvalue weighted by atomic mass is 9.87. The zero-order valence-electron chi connectivity index (χ0n) is 11.7. The number of hydrogen-bond donors (Lipinski definition) is 1. The molecular weight excluding hydrogens is 222 g/mol. The first-order valence-electron chi connectivity index (χ1n) is 7.34. The fourth-order valence-electron chi connectivity index (χ4n) is 2.67. The molecule has 0 radical (unpaired) electrons. The van der Waals surface area contributed by atoms with Crippen LogP contribution < -0.4 is 10.1 Å². The SMILES string of the molecule is CCCCOc1ccc2c(c1)CCCC2NCC. The van der Waals surface area contributed by atoms with Crippen molar-refractivity contribution in [3.8, 4) is 5.75 Å². The van der Waals surface area contributed by atoms with Gasteiger partial charge in [0.2, 0.25) is 0 Å². The highest BCUT2D eigenvalue weighted by Crippen LogP contribution is 2.32. The summed E-state index contributed by atoms with van der Waals surface area (Å²) in [5.74, 6) is 1.04. The number of benzene rings is 1. The standard InChI is InChI=1S/C16H25NO/c1-3-5-11-18-14-9-10-15-13(12-14)7-6-8-16(15)17-4-2/h9-10,12,16-17H,3-8,11H2,1-2H3. The Morgan fingerprint density at radius 3 is 3.00 bits per heavy atom. The number of ether oxygens (including phenoxy) is 1. The number of hydrogen-bond acceptors (Lipinski definition) is 2. The van der Waals surface area contributed by atoms with Crippen LogP contribution in [0.25, 0.3) is 0 Å². The van der Waals surface area contributed by atoms with Gasteiger partial charge in [-0.3, -0.25) is 0 Å². The van der Waals surface area contributed by atoms with E-state index in [4.69, 9.17) is 4.74 Å². The van der Waals surface area contributed by atoms with Crippen molar-refractivity contribution in [1.82, 2.24) is 5.32 Å². The van der Waals surface area contributed by atoms with Crippen molar-refractivity contribution in [2.24, 2.45) is 0 Å². The Morgan fingerprint density at radius 1 is 1.33 bits per heavy atom. The van der Waals surface area contributed by atoms with E-state index in [2.05, 4.69) is 37.4 Å². The highest BCUT2D eigenvalue weighted by Gasteiger charge is 2.19. The van der Waals surface area contributed by atoms with E-state index in [0.29, 0.717) is 6.04 Å². The molecule has 0 amide bonds. The first kappa shape index (κ1) is 13.4. The molecule has 0 aromatic heterocycles. The minimum atomic E-state index is 0.545. The van der Waals surface area contributed by atoms with Crippen LogP contribution in [0.2, 0.25) is 0 Å². The van der Waals surface area contributed by atoms with Gasteiger partial charge in [-0.1, -0.05) is 26.3 Å². The summed E-state index contributed by atoms with van der Waals surface area (Å²) in [5.41, 5.74) is 2.95. The van der Waals surface area contributed by atoms with Gasteiger partial charge in [-0.2, -0.15) is 0 Å². The van der Waals surface area contributed by atoms with Gasteiger partial charge < -0.3 is 10.1 Å². The monoisotopic (exact) mass is 247 g/mol. The summed E-state index contributed by atoms with van der Waals surface area (Å²) < 4.78 is 5.79. The van der Waals surface area contributed by atoms with Crippen molar-refractivity contribution >= 4 is 0 Å². The summed E-state index contributed by atoms with van der Waals surface area (Å²) in [6, 6.07) is 7.17. The van der Waals surface area contributed by atoms with Crippen LogP contribution in [0, 0.1) is 0 Å². The maximum absolute atomic E-state index is 5.79. The fraction of sp³-hybridized carbons (Fsp3) is 0.625. The topological polar surface area (TPSA) is 21.3 Å². The molecule has 0 spiro atoms. The van der Waals surface area contributed by atoms with Crippen LogP contribution in [-0.4, -0.2) is 13.2 Å². The lowest BCUT2D eigenvalue weighted by Gasteiger charge is -2.26. The molecule has 0 saturated carbocycles. The van der Waals surface area contributed by atoms with Gasteiger partial charge in [0, 0.05) is 6.04 Å². The Kier molecular flexibility index (Phi) is 5.06. The third-order valence-corrected chi connectivity index (χ3v) is 3.65. The molecule has 100 valence electrons. The normalized spacial score (nSPS) is 18.4. The van der Waals surface area contributed by atoms with Crippen molar-refractivity contribution < 1.29 is 4.74 Å². The Balaban J connectivity index is 2.06. The van der Waals surface area contributed by atoms with Crippen molar-refractivity contribution in [2.45, 2.75) is 52.0 Å². The highest BCUT2D eigenvalue weighted by atomic mass is 16.5. The molecule has 2 nitrogen and oxygen atoms in total. The Bertz CT molecular complexity index is 375. The Labute approximate surface area is 111 Å². The lowest BCUT2D eigenvalue weighted by Crippen LogP contribution is -2.24. The molecule has 18 heavy (non-hydrogen) atoms. The molecule has 1 aromatic rings. The molecule has 1 aliphatic carbocycles. The van der Waals surface area contributed by atoms with Gasteiger partial charge in [-0.15, -0.1) is 0 Å². The highest BCUT2D eigenvalue weighted by molar-refractivity contribution is 5.39. The minimum absolute atomic E-state index is 0.545. The average molecular weight is 247 g/mol. The molecular formula is C16H25NO.